The first-order valence-electron chi connectivity index (χ1n) is 17.2. The van der Waals surface area contributed by atoms with Crippen LogP contribution in [-0.2, 0) is 29.7 Å². The van der Waals surface area contributed by atoms with Crippen molar-refractivity contribution in [3.63, 3.8) is 0 Å². The summed E-state index contributed by atoms with van der Waals surface area (Å²) in [6, 6.07) is 9.81. The zero-order chi connectivity index (χ0) is 31.1. The fraction of sp³-hybridized carbons (Fsp3) is 0.771. The van der Waals surface area contributed by atoms with Crippen LogP contribution >= 0.6 is 7.82 Å². The quantitative estimate of drug-likeness (QED) is 0.0421. The molecule has 1 heterocycles. The fourth-order valence-corrected chi connectivity index (χ4v) is 6.19. The Balaban J connectivity index is 1.56. The number of hydrogen-bond donors (Lipinski definition) is 0. The number of benzene rings is 1. The van der Waals surface area contributed by atoms with Crippen molar-refractivity contribution in [2.45, 2.75) is 135 Å². The maximum Gasteiger partial charge on any atom is 0.319 e. The van der Waals surface area contributed by atoms with Crippen LogP contribution in [0.15, 0.2) is 42.3 Å². The number of nitrogens with zero attached hydrogens (tertiary/aromatic N) is 1. The standard InChI is InChI=1S/C35H62NO6P/c1-4-5-6-7-8-9-10-11-12-13-14-15-16-17-18-22-28-39-31-35(40-29-33-24-20-19-21-25-33)32-42-43(37,38)41-30-34-26-23-27-36(34,2)3/h19-21,24-25,30,35H,4-18,22-23,26-29,31-32H2,1-3H3. The molecule has 43 heavy (non-hydrogen) atoms. The first-order chi connectivity index (χ1) is 20.8. The minimum absolute atomic E-state index is 0.145. The van der Waals surface area contributed by atoms with Gasteiger partial charge in [0.15, 0.2) is 0 Å². The van der Waals surface area contributed by atoms with Crippen molar-refractivity contribution >= 4 is 7.82 Å². The largest absolute Gasteiger partial charge is 0.746 e. The molecule has 8 heteroatoms. The lowest BCUT2D eigenvalue weighted by Crippen LogP contribution is -2.34. The van der Waals surface area contributed by atoms with E-state index in [1.807, 2.05) is 44.4 Å². The van der Waals surface area contributed by atoms with Gasteiger partial charge >= 0.3 is 7.82 Å². The zero-order valence-electron chi connectivity index (χ0n) is 27.6. The summed E-state index contributed by atoms with van der Waals surface area (Å²) in [6.07, 6.45) is 24.0. The summed E-state index contributed by atoms with van der Waals surface area (Å²) >= 11 is 0. The van der Waals surface area contributed by atoms with Crippen LogP contribution in [0.3, 0.4) is 0 Å². The van der Waals surface area contributed by atoms with Crippen molar-refractivity contribution in [1.29, 1.82) is 0 Å². The average Bonchev–Trinajstić information content (AvgIpc) is 3.34. The van der Waals surface area contributed by atoms with Gasteiger partial charge in [0.2, 0.25) is 0 Å². The molecule has 0 N–H and O–H groups in total. The lowest BCUT2D eigenvalue weighted by molar-refractivity contribution is -0.843. The van der Waals surface area contributed by atoms with Gasteiger partial charge in [-0.15, -0.1) is 0 Å². The maximum absolute atomic E-state index is 12.5. The highest BCUT2D eigenvalue weighted by atomic mass is 31.2. The number of unbranched alkanes of at least 4 members (excludes halogenated alkanes) is 15. The monoisotopic (exact) mass is 623 g/mol. The van der Waals surface area contributed by atoms with Crippen LogP contribution in [0, 0.1) is 0 Å². The normalized spacial score (nSPS) is 17.7. The highest BCUT2D eigenvalue weighted by Gasteiger charge is 2.29. The highest BCUT2D eigenvalue weighted by molar-refractivity contribution is 7.46. The number of quaternary nitrogens is 1. The number of likely N-dealkylation sites (tertiary alicyclic amines) is 1. The Hall–Kier alpha value is -1.21. The Kier molecular flexibility index (Phi) is 20.5. The van der Waals surface area contributed by atoms with Gasteiger partial charge in [-0.2, -0.15) is 0 Å². The second kappa shape index (κ2) is 23.2. The molecule has 1 fully saturated rings. The molecule has 1 aromatic carbocycles. The smallest absolute Gasteiger partial charge is 0.319 e. The van der Waals surface area contributed by atoms with Gasteiger partial charge in [0, 0.05) is 19.4 Å². The summed E-state index contributed by atoms with van der Waals surface area (Å²) in [7, 11) is -0.412. The van der Waals surface area contributed by atoms with Crippen molar-refractivity contribution in [3.05, 3.63) is 47.9 Å². The van der Waals surface area contributed by atoms with Gasteiger partial charge in [-0.05, 0) is 12.0 Å². The minimum Gasteiger partial charge on any atom is -0.746 e. The predicted molar refractivity (Wildman–Crippen MR) is 174 cm³/mol. The van der Waals surface area contributed by atoms with Crippen molar-refractivity contribution in [1.82, 2.24) is 0 Å². The Morgan fingerprint density at radius 1 is 0.837 bits per heavy atom. The van der Waals surface area contributed by atoms with Gasteiger partial charge < -0.3 is 23.4 Å². The highest BCUT2D eigenvalue weighted by Crippen LogP contribution is 2.40. The lowest BCUT2D eigenvalue weighted by Gasteiger charge is -2.27. The molecule has 2 unspecified atom stereocenters. The number of phosphoric acid groups is 1. The Bertz CT molecular complexity index is 894. The summed E-state index contributed by atoms with van der Waals surface area (Å²) < 4.78 is 35.3. The lowest BCUT2D eigenvalue weighted by atomic mass is 10.0. The molecule has 2 atom stereocenters. The summed E-state index contributed by atoms with van der Waals surface area (Å²) in [5, 5.41) is 0. The van der Waals surface area contributed by atoms with Crippen molar-refractivity contribution in [2.75, 3.05) is 40.5 Å². The second-order valence-electron chi connectivity index (χ2n) is 12.8. The Labute approximate surface area is 263 Å². The fourth-order valence-electron chi connectivity index (χ4n) is 5.53. The SMILES string of the molecule is CCCCCCCCCCCCCCCCCCOCC(COP(=O)([O-])OC=C1CCC[N+]1(C)C)OCc1ccccc1. The molecule has 2 rings (SSSR count). The zero-order valence-corrected chi connectivity index (χ0v) is 28.5. The predicted octanol–water partition coefficient (Wildman–Crippen LogP) is 9.06. The Morgan fingerprint density at radius 3 is 1.93 bits per heavy atom. The van der Waals surface area contributed by atoms with Crippen molar-refractivity contribution in [2.24, 2.45) is 0 Å². The van der Waals surface area contributed by atoms with E-state index in [-0.39, 0.29) is 13.2 Å². The first-order valence-corrected chi connectivity index (χ1v) is 18.7. The molecule has 1 aromatic rings. The number of hydrogen-bond acceptors (Lipinski definition) is 6. The van der Waals surface area contributed by atoms with Gasteiger partial charge in [-0.25, -0.2) is 0 Å². The molecule has 0 spiro atoms. The van der Waals surface area contributed by atoms with E-state index in [0.29, 0.717) is 17.7 Å². The second-order valence-corrected chi connectivity index (χ2v) is 14.1. The van der Waals surface area contributed by atoms with Crippen LogP contribution in [0.5, 0.6) is 0 Å². The molecule has 1 aliphatic heterocycles. The van der Waals surface area contributed by atoms with Crippen molar-refractivity contribution < 1.29 is 32.5 Å². The van der Waals surface area contributed by atoms with Crippen LogP contribution in [0.25, 0.3) is 0 Å². The molecule has 7 nitrogen and oxygen atoms in total. The van der Waals surface area contributed by atoms with Crippen LogP contribution in [0.2, 0.25) is 0 Å². The number of phosphoric ester groups is 1. The summed E-state index contributed by atoms with van der Waals surface area (Å²) in [4.78, 5) is 12.5. The Morgan fingerprint density at radius 2 is 1.40 bits per heavy atom. The van der Waals surface area contributed by atoms with Gasteiger partial charge in [-0.3, -0.25) is 9.05 Å². The van der Waals surface area contributed by atoms with Crippen molar-refractivity contribution in [3.8, 4) is 0 Å². The molecule has 1 saturated heterocycles. The first kappa shape index (κ1) is 38.0. The van der Waals surface area contributed by atoms with Crippen LogP contribution in [0.1, 0.15) is 128 Å². The summed E-state index contributed by atoms with van der Waals surface area (Å²) in [6.45, 7) is 4.36. The molecule has 0 radical (unpaired) electrons. The molecule has 248 valence electrons. The van der Waals surface area contributed by atoms with E-state index in [9.17, 15) is 9.46 Å². The van der Waals surface area contributed by atoms with Gasteiger partial charge in [0.25, 0.3) is 0 Å². The summed E-state index contributed by atoms with van der Waals surface area (Å²) in [5.74, 6) is 0. The van der Waals surface area contributed by atoms with E-state index >= 15 is 0 Å². The van der Waals surface area contributed by atoms with E-state index in [2.05, 4.69) is 6.92 Å². The molecule has 0 saturated carbocycles. The van der Waals surface area contributed by atoms with E-state index in [4.69, 9.17) is 18.5 Å². The molecular formula is C35H62NO6P. The van der Waals surface area contributed by atoms with E-state index in [1.54, 1.807) is 0 Å². The number of allylic oxidation sites excluding steroid dienone is 1. The molecule has 1 aliphatic rings. The number of ether oxygens (including phenoxy) is 2. The molecule has 0 aromatic heterocycles. The van der Waals surface area contributed by atoms with E-state index < -0.39 is 13.9 Å². The number of rotatable bonds is 27. The molecule has 0 amide bonds. The minimum atomic E-state index is -4.50. The maximum atomic E-state index is 12.5. The van der Waals surface area contributed by atoms with Crippen LogP contribution < -0.4 is 4.89 Å². The van der Waals surface area contributed by atoms with Crippen LogP contribution in [-0.4, -0.2) is 51.0 Å². The average molecular weight is 624 g/mol. The summed E-state index contributed by atoms with van der Waals surface area (Å²) in [5.41, 5.74) is 1.96. The van der Waals surface area contributed by atoms with E-state index in [0.717, 1.165) is 43.5 Å². The van der Waals surface area contributed by atoms with E-state index in [1.165, 1.54) is 96.2 Å². The topological polar surface area (TPSA) is 77.1 Å². The molecule has 0 bridgehead atoms. The molecule has 0 aliphatic carbocycles. The van der Waals surface area contributed by atoms with Gasteiger partial charge in [0.1, 0.15) is 18.1 Å². The van der Waals surface area contributed by atoms with Crippen LogP contribution in [0.4, 0.5) is 0 Å². The third-order valence-corrected chi connectivity index (χ3v) is 9.27. The van der Waals surface area contributed by atoms with Gasteiger partial charge in [-0.1, -0.05) is 134 Å². The molecular weight excluding hydrogens is 561 g/mol. The third kappa shape index (κ3) is 19.0. The third-order valence-electron chi connectivity index (χ3n) is 8.44. The van der Waals surface area contributed by atoms with Gasteiger partial charge in [0.05, 0.1) is 40.5 Å².